The lowest BCUT2D eigenvalue weighted by Crippen LogP contribution is -2.26. The van der Waals surface area contributed by atoms with Crippen LogP contribution in [-0.2, 0) is 6.42 Å². The van der Waals surface area contributed by atoms with E-state index >= 15 is 0 Å². The summed E-state index contributed by atoms with van der Waals surface area (Å²) in [6.45, 7) is 16.5. The van der Waals surface area contributed by atoms with Gasteiger partial charge in [-0.3, -0.25) is 4.99 Å². The molecule has 1 fully saturated rings. The van der Waals surface area contributed by atoms with Crippen molar-refractivity contribution in [1.29, 1.82) is 0 Å². The zero-order chi connectivity index (χ0) is 19.5. The van der Waals surface area contributed by atoms with Gasteiger partial charge in [0.25, 0.3) is 0 Å². The van der Waals surface area contributed by atoms with Crippen LogP contribution in [-0.4, -0.2) is 18.8 Å². The number of nitrogens with one attached hydrogen (secondary N) is 1. The first-order valence-electron chi connectivity index (χ1n) is 9.25. The largest absolute Gasteiger partial charge is 0.317 e. The normalized spacial score (nSPS) is 18.4. The van der Waals surface area contributed by atoms with Crippen LogP contribution in [0.25, 0.3) is 6.08 Å². The minimum absolute atomic E-state index is 0.732. The van der Waals surface area contributed by atoms with Crippen LogP contribution in [0.3, 0.4) is 0 Å². The second kappa shape index (κ2) is 12.3. The maximum atomic E-state index is 6.00. The number of hydrogen-bond acceptors (Lipinski definition) is 2. The maximum absolute atomic E-state index is 6.00. The zero-order valence-electron chi connectivity index (χ0n) is 16.1. The predicted molar refractivity (Wildman–Crippen MR) is 121 cm³/mol. The molecule has 0 spiro atoms. The van der Waals surface area contributed by atoms with Gasteiger partial charge in [-0.15, -0.1) is 0 Å². The van der Waals surface area contributed by atoms with Crippen LogP contribution >= 0.6 is 27.5 Å². The number of allylic oxidation sites excluding steroid dienone is 2. The van der Waals surface area contributed by atoms with Crippen molar-refractivity contribution in [2.45, 2.75) is 40.0 Å². The number of piperidine rings is 1. The molecule has 1 aliphatic carbocycles. The van der Waals surface area contributed by atoms with E-state index in [0.717, 1.165) is 38.7 Å². The number of aliphatic imine (C=N–C) groups is 1. The molecule has 0 radical (unpaired) electrons. The summed E-state index contributed by atoms with van der Waals surface area (Å²) in [4.78, 5) is 4.27. The summed E-state index contributed by atoms with van der Waals surface area (Å²) in [5.41, 5.74) is 4.09. The monoisotopic (exact) mass is 436 g/mol. The third-order valence-corrected chi connectivity index (χ3v) is 5.20. The van der Waals surface area contributed by atoms with Crippen LogP contribution in [0.15, 0.2) is 52.6 Å². The van der Waals surface area contributed by atoms with Gasteiger partial charge in [-0.1, -0.05) is 67.5 Å². The first kappa shape index (κ1) is 22.9. The van der Waals surface area contributed by atoms with Crippen molar-refractivity contribution in [3.8, 4) is 0 Å². The topological polar surface area (TPSA) is 24.4 Å². The number of fused-ring (bicyclic) bond motifs is 1. The minimum Gasteiger partial charge on any atom is -0.317 e. The Bertz CT molecular complexity index is 671. The minimum atomic E-state index is 0.732. The van der Waals surface area contributed by atoms with Gasteiger partial charge in [0.15, 0.2) is 0 Å². The summed E-state index contributed by atoms with van der Waals surface area (Å²) in [5.74, 6) is 0.973. The van der Waals surface area contributed by atoms with E-state index in [1.165, 1.54) is 31.5 Å². The fourth-order valence-corrected chi connectivity index (χ4v) is 3.37. The summed E-state index contributed by atoms with van der Waals surface area (Å²) in [5, 5.41) is 4.05. The number of benzene rings is 1. The van der Waals surface area contributed by atoms with E-state index in [4.69, 9.17) is 11.6 Å². The van der Waals surface area contributed by atoms with Gasteiger partial charge in [-0.2, -0.15) is 0 Å². The third kappa shape index (κ3) is 7.22. The smallest absolute Gasteiger partial charge is 0.0524 e. The molecule has 2 nitrogen and oxygen atoms in total. The van der Waals surface area contributed by atoms with E-state index in [1.54, 1.807) is 6.20 Å². The maximum Gasteiger partial charge on any atom is 0.0524 e. The van der Waals surface area contributed by atoms with Crippen LogP contribution in [0.2, 0.25) is 5.02 Å². The van der Waals surface area contributed by atoms with Crippen molar-refractivity contribution >= 4 is 39.3 Å². The highest BCUT2D eigenvalue weighted by atomic mass is 79.9. The molecule has 2 aliphatic rings. The molecule has 1 aliphatic heterocycles. The van der Waals surface area contributed by atoms with Crippen LogP contribution in [0.4, 0.5) is 0 Å². The number of nitrogens with zero attached hydrogens (tertiary/aromatic N) is 1. The van der Waals surface area contributed by atoms with Crippen LogP contribution in [0, 0.1) is 5.92 Å². The van der Waals surface area contributed by atoms with Gasteiger partial charge < -0.3 is 5.32 Å². The van der Waals surface area contributed by atoms with Crippen molar-refractivity contribution in [2.75, 3.05) is 13.1 Å². The lowest BCUT2D eigenvalue weighted by atomic mass is 10.0. The average Bonchev–Trinajstić information content (AvgIpc) is 2.76. The van der Waals surface area contributed by atoms with Crippen molar-refractivity contribution in [1.82, 2.24) is 5.32 Å². The number of halogens is 2. The summed E-state index contributed by atoms with van der Waals surface area (Å²) >= 11 is 9.51. The van der Waals surface area contributed by atoms with E-state index < -0.39 is 0 Å². The average molecular weight is 438 g/mol. The van der Waals surface area contributed by atoms with Gasteiger partial charge in [0.1, 0.15) is 0 Å². The molecule has 26 heavy (non-hydrogen) atoms. The molecule has 1 N–H and O–H groups in total. The van der Waals surface area contributed by atoms with Gasteiger partial charge in [-0.05, 0) is 61.2 Å². The number of rotatable bonds is 1. The molecule has 4 heteroatoms. The Balaban J connectivity index is 0.000000313. The Hall–Kier alpha value is -1.16. The molecule has 1 saturated heterocycles. The molecule has 0 atom stereocenters. The zero-order valence-corrected chi connectivity index (χ0v) is 18.5. The second-order valence-corrected chi connectivity index (χ2v) is 7.47. The van der Waals surface area contributed by atoms with E-state index in [-0.39, 0.29) is 0 Å². The lowest BCUT2D eigenvalue weighted by Gasteiger charge is -2.17. The van der Waals surface area contributed by atoms with Crippen molar-refractivity contribution in [3.05, 3.63) is 63.8 Å². The Kier molecular flexibility index (Phi) is 10.8. The molecule has 1 aromatic rings. The molecule has 3 rings (SSSR count). The van der Waals surface area contributed by atoms with Crippen LogP contribution in [0.1, 0.15) is 44.7 Å². The molecular formula is C22H30BrClN2. The Morgan fingerprint density at radius 1 is 1.27 bits per heavy atom. The van der Waals surface area contributed by atoms with E-state index in [2.05, 4.69) is 46.3 Å². The Labute approximate surface area is 172 Å². The third-order valence-electron chi connectivity index (χ3n) is 4.26. The van der Waals surface area contributed by atoms with Crippen molar-refractivity contribution in [3.63, 3.8) is 0 Å². The fraction of sp³-hybridized carbons (Fsp3) is 0.409. The molecule has 0 bridgehead atoms. The quantitative estimate of drug-likeness (QED) is 0.513. The molecule has 1 aromatic carbocycles. The second-order valence-electron chi connectivity index (χ2n) is 6.18. The summed E-state index contributed by atoms with van der Waals surface area (Å²) in [6, 6.07) is 5.86. The van der Waals surface area contributed by atoms with E-state index in [9.17, 15) is 0 Å². The Morgan fingerprint density at radius 3 is 2.46 bits per heavy atom. The summed E-state index contributed by atoms with van der Waals surface area (Å²) in [7, 11) is 0. The van der Waals surface area contributed by atoms with Crippen LogP contribution in [0.5, 0.6) is 0 Å². The SMILES string of the molecule is C=CN=C1Cc2ccc(Cl)cc2C=C(Br)C1=C.CC.CC1CCNCC1. The Morgan fingerprint density at radius 2 is 1.92 bits per heavy atom. The van der Waals surface area contributed by atoms with E-state index in [0.29, 0.717) is 0 Å². The highest BCUT2D eigenvalue weighted by Gasteiger charge is 2.15. The van der Waals surface area contributed by atoms with Crippen molar-refractivity contribution in [2.24, 2.45) is 10.9 Å². The van der Waals surface area contributed by atoms with Gasteiger partial charge in [0.2, 0.25) is 0 Å². The van der Waals surface area contributed by atoms with Gasteiger partial charge >= 0.3 is 0 Å². The molecule has 0 saturated carbocycles. The lowest BCUT2D eigenvalue weighted by molar-refractivity contribution is 0.402. The highest BCUT2D eigenvalue weighted by molar-refractivity contribution is 9.12. The van der Waals surface area contributed by atoms with Crippen molar-refractivity contribution < 1.29 is 0 Å². The summed E-state index contributed by atoms with van der Waals surface area (Å²) < 4.78 is 0.930. The molecule has 0 unspecified atom stereocenters. The molecule has 0 amide bonds. The fourth-order valence-electron chi connectivity index (χ4n) is 2.71. The van der Waals surface area contributed by atoms with Gasteiger partial charge in [0.05, 0.1) is 5.71 Å². The molecule has 1 heterocycles. The standard InChI is InChI=1S/C14H11BrClN.C6H13N.C2H6/c1-3-17-14-8-10-4-5-12(16)6-11(10)7-13(15)9(14)2;1-6-2-4-7-5-3-6;1-2/h3-7H,1-2,8H2;6-7H,2-5H2,1H3;1-2H3. The first-order valence-corrected chi connectivity index (χ1v) is 10.4. The van der Waals surface area contributed by atoms with Crippen LogP contribution < -0.4 is 5.32 Å². The van der Waals surface area contributed by atoms with Gasteiger partial charge in [-0.25, -0.2) is 0 Å². The molecule has 142 valence electrons. The first-order chi connectivity index (χ1) is 12.5. The van der Waals surface area contributed by atoms with E-state index in [1.807, 2.05) is 38.1 Å². The molecular weight excluding hydrogens is 408 g/mol. The van der Waals surface area contributed by atoms with Gasteiger partial charge in [0, 0.05) is 27.7 Å². The molecule has 0 aromatic heterocycles. The summed E-state index contributed by atoms with van der Waals surface area (Å²) in [6.07, 6.45) is 7.06. The number of hydrogen-bond donors (Lipinski definition) is 1. The highest BCUT2D eigenvalue weighted by Crippen LogP contribution is 2.30. The predicted octanol–water partition coefficient (Wildman–Crippen LogP) is 6.80.